The summed E-state index contributed by atoms with van der Waals surface area (Å²) in [5, 5.41) is 15.0. The second-order valence-corrected chi connectivity index (χ2v) is 6.27. The molecule has 0 aliphatic carbocycles. The van der Waals surface area contributed by atoms with E-state index >= 15 is 0 Å². The van der Waals surface area contributed by atoms with Crippen molar-refractivity contribution in [1.82, 2.24) is 19.8 Å². The summed E-state index contributed by atoms with van der Waals surface area (Å²) in [6.45, 7) is 4.20. The molecule has 7 heteroatoms. The molecule has 2 heterocycles. The topological polar surface area (TPSA) is 43.1 Å². The van der Waals surface area contributed by atoms with Crippen LogP contribution < -0.4 is 0 Å². The fraction of sp³-hybridized carbons (Fsp3) is 0.250. The fourth-order valence-corrected chi connectivity index (χ4v) is 3.04. The van der Waals surface area contributed by atoms with Crippen LogP contribution in [0.2, 0.25) is 10.0 Å². The summed E-state index contributed by atoms with van der Waals surface area (Å²) >= 11 is 13.6. The normalized spacial score (nSPS) is 11.6. The highest BCUT2D eigenvalue weighted by molar-refractivity contribution is 7.16. The number of halogens is 2. The zero-order valence-electron chi connectivity index (χ0n) is 10.3. The number of nitrogens with zero attached hydrogens (tertiary/aromatic N) is 4. The van der Waals surface area contributed by atoms with Gasteiger partial charge >= 0.3 is 0 Å². The van der Waals surface area contributed by atoms with Crippen molar-refractivity contribution in [2.24, 2.45) is 0 Å². The van der Waals surface area contributed by atoms with Gasteiger partial charge in [-0.25, -0.2) is 0 Å². The molecule has 98 valence electrons. The van der Waals surface area contributed by atoms with Gasteiger partial charge in [-0.1, -0.05) is 48.4 Å². The van der Waals surface area contributed by atoms with E-state index in [1.165, 1.54) is 11.3 Å². The SMILES string of the molecule is CC(C)c1nn2c(-c3ccc(Cl)cc3Cl)nnc2s1. The zero-order chi connectivity index (χ0) is 13.6. The maximum absolute atomic E-state index is 6.20. The molecule has 0 unspecified atom stereocenters. The van der Waals surface area contributed by atoms with Crippen molar-refractivity contribution in [2.45, 2.75) is 19.8 Å². The molecule has 0 saturated heterocycles. The van der Waals surface area contributed by atoms with Crippen LogP contribution in [-0.4, -0.2) is 19.8 Å². The number of rotatable bonds is 2. The number of hydrogen-bond donors (Lipinski definition) is 0. The van der Waals surface area contributed by atoms with E-state index in [4.69, 9.17) is 23.2 Å². The maximum atomic E-state index is 6.20. The molecule has 2 aromatic heterocycles. The molecule has 1 aromatic carbocycles. The second kappa shape index (κ2) is 4.74. The Hall–Kier alpha value is -1.17. The van der Waals surface area contributed by atoms with Crippen molar-refractivity contribution < 1.29 is 0 Å². The molecule has 0 atom stereocenters. The van der Waals surface area contributed by atoms with Crippen LogP contribution in [0.1, 0.15) is 24.8 Å². The molecule has 0 aliphatic heterocycles. The van der Waals surface area contributed by atoms with Gasteiger partial charge in [-0.05, 0) is 18.2 Å². The van der Waals surface area contributed by atoms with Crippen LogP contribution >= 0.6 is 34.5 Å². The maximum Gasteiger partial charge on any atom is 0.234 e. The largest absolute Gasteiger partial charge is 0.234 e. The summed E-state index contributed by atoms with van der Waals surface area (Å²) in [6, 6.07) is 5.30. The summed E-state index contributed by atoms with van der Waals surface area (Å²) in [7, 11) is 0. The molecular weight excluding hydrogens is 303 g/mol. The molecule has 3 rings (SSSR count). The van der Waals surface area contributed by atoms with Gasteiger partial charge in [0.1, 0.15) is 5.01 Å². The Labute approximate surface area is 124 Å². The molecule has 4 nitrogen and oxygen atoms in total. The highest BCUT2D eigenvalue weighted by atomic mass is 35.5. The summed E-state index contributed by atoms with van der Waals surface area (Å²) in [5.74, 6) is 1.00. The van der Waals surface area contributed by atoms with Crippen LogP contribution in [0.3, 0.4) is 0 Å². The van der Waals surface area contributed by atoms with E-state index in [2.05, 4.69) is 29.1 Å². The Morgan fingerprint density at radius 1 is 1.21 bits per heavy atom. The van der Waals surface area contributed by atoms with Gasteiger partial charge in [-0.2, -0.15) is 9.61 Å². The van der Waals surface area contributed by atoms with E-state index < -0.39 is 0 Å². The standard InChI is InChI=1S/C12H10Cl2N4S/c1-6(2)11-17-18-10(15-16-12(18)19-11)8-4-3-7(13)5-9(8)14/h3-6H,1-2H3. The van der Waals surface area contributed by atoms with Gasteiger partial charge in [0.05, 0.1) is 5.02 Å². The number of hydrogen-bond acceptors (Lipinski definition) is 4. The first-order valence-corrected chi connectivity index (χ1v) is 7.31. The zero-order valence-corrected chi connectivity index (χ0v) is 12.6. The van der Waals surface area contributed by atoms with Gasteiger partial charge in [0.2, 0.25) is 4.96 Å². The number of benzene rings is 1. The van der Waals surface area contributed by atoms with Crippen molar-refractivity contribution in [3.63, 3.8) is 0 Å². The minimum atomic E-state index is 0.361. The Morgan fingerprint density at radius 3 is 2.68 bits per heavy atom. The third-order valence-corrected chi connectivity index (χ3v) is 4.42. The highest BCUT2D eigenvalue weighted by Gasteiger charge is 2.16. The van der Waals surface area contributed by atoms with Crippen LogP contribution in [0.4, 0.5) is 0 Å². The van der Waals surface area contributed by atoms with Gasteiger partial charge in [-0.3, -0.25) is 0 Å². The molecule has 0 aliphatic rings. The summed E-state index contributed by atoms with van der Waals surface area (Å²) in [4.78, 5) is 0.768. The smallest absolute Gasteiger partial charge is 0.183 e. The van der Waals surface area contributed by atoms with Crippen molar-refractivity contribution in [3.05, 3.63) is 33.3 Å². The first-order valence-electron chi connectivity index (χ1n) is 5.74. The molecule has 0 bridgehead atoms. The molecule has 0 saturated carbocycles. The van der Waals surface area contributed by atoms with E-state index in [9.17, 15) is 0 Å². The van der Waals surface area contributed by atoms with Crippen LogP contribution in [0.25, 0.3) is 16.3 Å². The number of aromatic nitrogens is 4. The molecule has 0 spiro atoms. The Bertz CT molecular complexity index is 747. The number of fused-ring (bicyclic) bond motifs is 1. The predicted octanol–water partition coefficient (Wildman–Crippen LogP) is 4.28. The lowest BCUT2D eigenvalue weighted by molar-refractivity contribution is 0.802. The molecule has 0 amide bonds. The summed E-state index contributed by atoms with van der Waals surface area (Å²) < 4.78 is 1.73. The van der Waals surface area contributed by atoms with Crippen molar-refractivity contribution >= 4 is 39.5 Å². The lowest BCUT2D eigenvalue weighted by Gasteiger charge is -2.01. The Balaban J connectivity index is 2.19. The van der Waals surface area contributed by atoms with Gasteiger partial charge in [0.25, 0.3) is 0 Å². The van der Waals surface area contributed by atoms with Crippen LogP contribution in [0.15, 0.2) is 18.2 Å². The third kappa shape index (κ3) is 2.22. The third-order valence-electron chi connectivity index (χ3n) is 2.67. The van der Waals surface area contributed by atoms with Crippen LogP contribution in [-0.2, 0) is 0 Å². The molecule has 3 aromatic rings. The quantitative estimate of drug-likeness (QED) is 0.709. The molecule has 0 fully saturated rings. The van der Waals surface area contributed by atoms with E-state index in [1.54, 1.807) is 16.6 Å². The van der Waals surface area contributed by atoms with Gasteiger partial charge in [-0.15, -0.1) is 10.2 Å². The van der Waals surface area contributed by atoms with Crippen molar-refractivity contribution in [3.8, 4) is 11.4 Å². The average molecular weight is 313 g/mol. The van der Waals surface area contributed by atoms with Crippen molar-refractivity contribution in [2.75, 3.05) is 0 Å². The first kappa shape index (κ1) is 12.8. The molecular formula is C12H10Cl2N4S. The Morgan fingerprint density at radius 2 is 2.00 bits per heavy atom. The predicted molar refractivity (Wildman–Crippen MR) is 78.2 cm³/mol. The Kier molecular flexibility index (Phi) is 3.20. The van der Waals surface area contributed by atoms with Gasteiger partial charge in [0, 0.05) is 16.5 Å². The van der Waals surface area contributed by atoms with E-state index in [-0.39, 0.29) is 0 Å². The molecule has 0 radical (unpaired) electrons. The van der Waals surface area contributed by atoms with E-state index in [0.29, 0.717) is 21.8 Å². The van der Waals surface area contributed by atoms with E-state index in [1.807, 2.05) is 6.07 Å². The average Bonchev–Trinajstić information content (AvgIpc) is 2.89. The van der Waals surface area contributed by atoms with Gasteiger partial charge in [0.15, 0.2) is 5.82 Å². The molecule has 0 N–H and O–H groups in total. The first-order chi connectivity index (χ1) is 9.06. The fourth-order valence-electron chi connectivity index (χ4n) is 1.70. The van der Waals surface area contributed by atoms with Gasteiger partial charge < -0.3 is 0 Å². The minimum absolute atomic E-state index is 0.361. The van der Waals surface area contributed by atoms with Crippen LogP contribution in [0, 0.1) is 0 Å². The minimum Gasteiger partial charge on any atom is -0.183 e. The van der Waals surface area contributed by atoms with Crippen molar-refractivity contribution in [1.29, 1.82) is 0 Å². The second-order valence-electron chi connectivity index (χ2n) is 4.44. The summed E-state index contributed by atoms with van der Waals surface area (Å²) in [5.41, 5.74) is 0.777. The lowest BCUT2D eigenvalue weighted by atomic mass is 10.2. The lowest BCUT2D eigenvalue weighted by Crippen LogP contribution is -1.94. The highest BCUT2D eigenvalue weighted by Crippen LogP contribution is 2.31. The monoisotopic (exact) mass is 312 g/mol. The van der Waals surface area contributed by atoms with Crippen LogP contribution in [0.5, 0.6) is 0 Å². The molecule has 19 heavy (non-hydrogen) atoms. The summed E-state index contributed by atoms with van der Waals surface area (Å²) in [6.07, 6.45) is 0. The van der Waals surface area contributed by atoms with E-state index in [0.717, 1.165) is 15.5 Å².